The SMILES string of the molecule is OCCOCCOCc1ccc(Cl)nc1. The highest BCUT2D eigenvalue weighted by Gasteiger charge is 1.94. The van der Waals surface area contributed by atoms with E-state index in [1.165, 1.54) is 0 Å². The fourth-order valence-electron chi connectivity index (χ4n) is 0.966. The van der Waals surface area contributed by atoms with E-state index in [0.29, 0.717) is 31.6 Å². The van der Waals surface area contributed by atoms with Crippen LogP contribution in [0.1, 0.15) is 5.56 Å². The lowest BCUT2D eigenvalue weighted by atomic mass is 10.3. The van der Waals surface area contributed by atoms with E-state index < -0.39 is 0 Å². The second-order valence-electron chi connectivity index (χ2n) is 2.88. The van der Waals surface area contributed by atoms with Gasteiger partial charge in [-0.15, -0.1) is 0 Å². The van der Waals surface area contributed by atoms with Gasteiger partial charge in [0.2, 0.25) is 0 Å². The predicted molar refractivity (Wildman–Crippen MR) is 56.8 cm³/mol. The van der Waals surface area contributed by atoms with E-state index >= 15 is 0 Å². The molecule has 1 aromatic rings. The summed E-state index contributed by atoms with van der Waals surface area (Å²) < 4.78 is 10.3. The number of ether oxygens (including phenoxy) is 2. The first-order valence-corrected chi connectivity index (χ1v) is 5.07. The van der Waals surface area contributed by atoms with Gasteiger partial charge in [0.1, 0.15) is 5.15 Å². The molecule has 0 amide bonds. The van der Waals surface area contributed by atoms with Gasteiger partial charge in [-0.25, -0.2) is 4.98 Å². The van der Waals surface area contributed by atoms with Crippen LogP contribution in [0.3, 0.4) is 0 Å². The maximum atomic E-state index is 8.44. The molecule has 0 spiro atoms. The number of nitrogens with zero attached hydrogens (tertiary/aromatic N) is 1. The summed E-state index contributed by atoms with van der Waals surface area (Å²) in [6.45, 7) is 1.88. The summed E-state index contributed by atoms with van der Waals surface area (Å²) in [4.78, 5) is 3.93. The van der Waals surface area contributed by atoms with E-state index in [-0.39, 0.29) is 6.61 Å². The maximum absolute atomic E-state index is 8.44. The van der Waals surface area contributed by atoms with Crippen molar-refractivity contribution in [2.75, 3.05) is 26.4 Å². The molecule has 0 saturated carbocycles. The Hall–Kier alpha value is -0.680. The third-order valence-corrected chi connectivity index (χ3v) is 1.89. The number of hydrogen-bond acceptors (Lipinski definition) is 4. The van der Waals surface area contributed by atoms with Gasteiger partial charge < -0.3 is 14.6 Å². The zero-order valence-electron chi connectivity index (χ0n) is 8.36. The molecule has 5 heteroatoms. The summed E-state index contributed by atoms with van der Waals surface area (Å²) in [5.41, 5.74) is 0.974. The maximum Gasteiger partial charge on any atom is 0.129 e. The molecule has 1 heterocycles. The molecule has 0 aromatic carbocycles. The van der Waals surface area contributed by atoms with Crippen LogP contribution in [0.4, 0.5) is 0 Å². The van der Waals surface area contributed by atoms with Crippen molar-refractivity contribution < 1.29 is 14.6 Å². The summed E-state index contributed by atoms with van der Waals surface area (Å²) in [6, 6.07) is 3.59. The van der Waals surface area contributed by atoms with Crippen LogP contribution in [0.2, 0.25) is 5.15 Å². The van der Waals surface area contributed by atoms with Gasteiger partial charge in [0.25, 0.3) is 0 Å². The van der Waals surface area contributed by atoms with Gasteiger partial charge >= 0.3 is 0 Å². The van der Waals surface area contributed by atoms with Crippen LogP contribution in [0, 0.1) is 0 Å². The first-order valence-electron chi connectivity index (χ1n) is 4.69. The van der Waals surface area contributed by atoms with Crippen molar-refractivity contribution >= 4 is 11.6 Å². The highest BCUT2D eigenvalue weighted by atomic mass is 35.5. The largest absolute Gasteiger partial charge is 0.394 e. The van der Waals surface area contributed by atoms with Gasteiger partial charge in [-0.2, -0.15) is 0 Å². The average Bonchev–Trinajstić information content (AvgIpc) is 2.26. The monoisotopic (exact) mass is 231 g/mol. The molecular formula is C10H14ClNO3. The van der Waals surface area contributed by atoms with Gasteiger partial charge in [-0.3, -0.25) is 0 Å². The van der Waals surface area contributed by atoms with Crippen molar-refractivity contribution in [1.29, 1.82) is 0 Å². The van der Waals surface area contributed by atoms with E-state index in [1.807, 2.05) is 6.07 Å². The van der Waals surface area contributed by atoms with Gasteiger partial charge in [-0.1, -0.05) is 17.7 Å². The van der Waals surface area contributed by atoms with E-state index in [2.05, 4.69) is 4.98 Å². The number of pyridine rings is 1. The Bertz CT molecular complexity index is 266. The fourth-order valence-corrected chi connectivity index (χ4v) is 1.08. The minimum atomic E-state index is 0.0428. The minimum absolute atomic E-state index is 0.0428. The standard InChI is InChI=1S/C10H14ClNO3/c11-10-2-1-9(7-12-10)8-15-6-5-14-4-3-13/h1-2,7,13H,3-6,8H2. The van der Waals surface area contributed by atoms with Crippen molar-refractivity contribution in [2.24, 2.45) is 0 Å². The number of aliphatic hydroxyl groups is 1. The lowest BCUT2D eigenvalue weighted by Gasteiger charge is -2.04. The normalized spacial score (nSPS) is 10.5. The van der Waals surface area contributed by atoms with Crippen LogP contribution >= 0.6 is 11.6 Å². The first kappa shape index (κ1) is 12.4. The van der Waals surface area contributed by atoms with Crippen LogP contribution in [0.15, 0.2) is 18.3 Å². The van der Waals surface area contributed by atoms with Crippen LogP contribution in [-0.2, 0) is 16.1 Å². The molecule has 0 unspecified atom stereocenters. The Kier molecular flexibility index (Phi) is 6.27. The molecule has 0 aliphatic rings. The smallest absolute Gasteiger partial charge is 0.129 e. The van der Waals surface area contributed by atoms with E-state index in [0.717, 1.165) is 5.56 Å². The Morgan fingerprint density at radius 2 is 2.00 bits per heavy atom. The van der Waals surface area contributed by atoms with Crippen molar-refractivity contribution in [3.8, 4) is 0 Å². The molecule has 0 aliphatic heterocycles. The Morgan fingerprint density at radius 1 is 1.20 bits per heavy atom. The molecule has 1 rings (SSSR count). The van der Waals surface area contributed by atoms with E-state index in [1.54, 1.807) is 12.3 Å². The third-order valence-electron chi connectivity index (χ3n) is 1.67. The number of aromatic nitrogens is 1. The molecule has 15 heavy (non-hydrogen) atoms. The average molecular weight is 232 g/mol. The number of hydrogen-bond donors (Lipinski definition) is 1. The molecule has 0 saturated heterocycles. The van der Waals surface area contributed by atoms with Crippen LogP contribution in [0.5, 0.6) is 0 Å². The van der Waals surface area contributed by atoms with Gasteiger partial charge in [0.05, 0.1) is 33.0 Å². The van der Waals surface area contributed by atoms with Crippen molar-refractivity contribution in [1.82, 2.24) is 4.98 Å². The summed E-state index contributed by atoms with van der Waals surface area (Å²) in [5.74, 6) is 0. The summed E-state index contributed by atoms with van der Waals surface area (Å²) >= 11 is 5.63. The van der Waals surface area contributed by atoms with Gasteiger partial charge in [0.15, 0.2) is 0 Å². The Labute approximate surface area is 93.8 Å². The highest BCUT2D eigenvalue weighted by Crippen LogP contribution is 2.05. The van der Waals surface area contributed by atoms with E-state index in [9.17, 15) is 0 Å². The number of rotatable bonds is 7. The quantitative estimate of drug-likeness (QED) is 0.567. The van der Waals surface area contributed by atoms with Gasteiger partial charge in [-0.05, 0) is 11.6 Å². The predicted octanol–water partition coefficient (Wildman–Crippen LogP) is 1.26. The Balaban J connectivity index is 2.07. The zero-order valence-corrected chi connectivity index (χ0v) is 9.11. The molecule has 1 aromatic heterocycles. The number of aliphatic hydroxyl groups excluding tert-OH is 1. The fraction of sp³-hybridized carbons (Fsp3) is 0.500. The second-order valence-corrected chi connectivity index (χ2v) is 3.26. The molecule has 0 atom stereocenters. The summed E-state index contributed by atoms with van der Waals surface area (Å²) in [5, 5.41) is 8.92. The lowest BCUT2D eigenvalue weighted by Crippen LogP contribution is -2.07. The van der Waals surface area contributed by atoms with Crippen molar-refractivity contribution in [3.05, 3.63) is 29.0 Å². The molecule has 4 nitrogen and oxygen atoms in total. The first-order chi connectivity index (χ1) is 7.33. The molecule has 0 radical (unpaired) electrons. The zero-order chi connectivity index (χ0) is 10.9. The number of halogens is 1. The highest BCUT2D eigenvalue weighted by molar-refractivity contribution is 6.29. The molecule has 0 aliphatic carbocycles. The molecule has 0 fully saturated rings. The molecule has 1 N–H and O–H groups in total. The van der Waals surface area contributed by atoms with Crippen molar-refractivity contribution in [3.63, 3.8) is 0 Å². The Morgan fingerprint density at radius 3 is 2.67 bits per heavy atom. The summed E-state index contributed by atoms with van der Waals surface area (Å²) in [6.07, 6.45) is 1.68. The van der Waals surface area contributed by atoms with Crippen LogP contribution < -0.4 is 0 Å². The van der Waals surface area contributed by atoms with Crippen molar-refractivity contribution in [2.45, 2.75) is 6.61 Å². The molecular weight excluding hydrogens is 218 g/mol. The van der Waals surface area contributed by atoms with Gasteiger partial charge in [0, 0.05) is 6.20 Å². The third kappa shape index (κ3) is 5.69. The minimum Gasteiger partial charge on any atom is -0.394 e. The molecule has 0 bridgehead atoms. The second kappa shape index (κ2) is 7.59. The van der Waals surface area contributed by atoms with E-state index in [4.69, 9.17) is 26.2 Å². The van der Waals surface area contributed by atoms with Crippen LogP contribution in [0.25, 0.3) is 0 Å². The lowest BCUT2D eigenvalue weighted by molar-refractivity contribution is 0.0273. The molecule has 84 valence electrons. The topological polar surface area (TPSA) is 51.6 Å². The van der Waals surface area contributed by atoms with Crippen LogP contribution in [-0.4, -0.2) is 36.5 Å². The summed E-state index contributed by atoms with van der Waals surface area (Å²) in [7, 11) is 0.